The van der Waals surface area contributed by atoms with E-state index in [9.17, 15) is 14.7 Å². The molecule has 4 aromatic carbocycles. The summed E-state index contributed by atoms with van der Waals surface area (Å²) in [5.74, 6) is -0.110. The molecule has 0 fully saturated rings. The Hall–Kier alpha value is -4.32. The van der Waals surface area contributed by atoms with Gasteiger partial charge >= 0.3 is 5.97 Å². The molecule has 6 heteroatoms. The van der Waals surface area contributed by atoms with Crippen molar-refractivity contribution in [3.8, 4) is 11.5 Å². The van der Waals surface area contributed by atoms with Crippen LogP contribution in [0.1, 0.15) is 21.5 Å². The van der Waals surface area contributed by atoms with Crippen LogP contribution in [0.25, 0.3) is 10.8 Å². The summed E-state index contributed by atoms with van der Waals surface area (Å²) < 4.78 is 11.0. The van der Waals surface area contributed by atoms with Gasteiger partial charge in [0.15, 0.2) is 0 Å². The zero-order valence-corrected chi connectivity index (χ0v) is 18.7. The van der Waals surface area contributed by atoms with E-state index in [0.717, 1.165) is 27.6 Å². The van der Waals surface area contributed by atoms with Crippen LogP contribution >= 0.6 is 0 Å². The number of aliphatic carboxylic acids is 1. The summed E-state index contributed by atoms with van der Waals surface area (Å²) in [7, 11) is 1.57. The molecule has 1 unspecified atom stereocenters. The molecule has 2 N–H and O–H groups in total. The number of carboxylic acids is 1. The monoisotopic (exact) mass is 455 g/mol. The first-order valence-corrected chi connectivity index (χ1v) is 10.9. The summed E-state index contributed by atoms with van der Waals surface area (Å²) >= 11 is 0. The highest BCUT2D eigenvalue weighted by Crippen LogP contribution is 2.23. The van der Waals surface area contributed by atoms with Crippen LogP contribution < -0.4 is 14.8 Å². The van der Waals surface area contributed by atoms with Gasteiger partial charge in [-0.05, 0) is 58.3 Å². The van der Waals surface area contributed by atoms with E-state index in [2.05, 4.69) is 5.32 Å². The quantitative estimate of drug-likeness (QED) is 0.377. The molecule has 0 aliphatic carbocycles. The van der Waals surface area contributed by atoms with E-state index in [1.807, 2.05) is 54.6 Å². The number of carbonyl (C=O) groups excluding carboxylic acids is 1. The maximum atomic E-state index is 12.8. The molecule has 0 saturated carbocycles. The summed E-state index contributed by atoms with van der Waals surface area (Å²) in [5, 5.41) is 14.0. The van der Waals surface area contributed by atoms with Crippen LogP contribution in [-0.2, 0) is 17.8 Å². The Morgan fingerprint density at radius 3 is 2.21 bits per heavy atom. The Kier molecular flexibility index (Phi) is 7.08. The molecule has 1 amide bonds. The van der Waals surface area contributed by atoms with Crippen LogP contribution in [0.15, 0.2) is 91.0 Å². The Morgan fingerprint density at radius 1 is 0.824 bits per heavy atom. The molecule has 0 heterocycles. The van der Waals surface area contributed by atoms with Gasteiger partial charge in [-0.15, -0.1) is 0 Å². The van der Waals surface area contributed by atoms with E-state index in [-0.39, 0.29) is 6.42 Å². The second-order valence-electron chi connectivity index (χ2n) is 7.91. The first kappa shape index (κ1) is 22.9. The molecule has 0 radical (unpaired) electrons. The largest absolute Gasteiger partial charge is 0.497 e. The molecule has 0 saturated heterocycles. The molecule has 4 aromatic rings. The van der Waals surface area contributed by atoms with E-state index >= 15 is 0 Å². The third-order valence-corrected chi connectivity index (χ3v) is 5.52. The van der Waals surface area contributed by atoms with E-state index in [1.165, 1.54) is 0 Å². The molecule has 0 aliphatic heterocycles. The van der Waals surface area contributed by atoms with Crippen molar-refractivity contribution in [2.45, 2.75) is 19.1 Å². The Morgan fingerprint density at radius 2 is 1.50 bits per heavy atom. The Balaban J connectivity index is 1.43. The number of benzene rings is 4. The van der Waals surface area contributed by atoms with Gasteiger partial charge in [-0.1, -0.05) is 54.6 Å². The van der Waals surface area contributed by atoms with Gasteiger partial charge in [0.05, 0.1) is 7.11 Å². The fourth-order valence-corrected chi connectivity index (χ4v) is 3.63. The van der Waals surface area contributed by atoms with Gasteiger partial charge in [0, 0.05) is 12.0 Å². The van der Waals surface area contributed by atoms with E-state index in [4.69, 9.17) is 9.47 Å². The molecular formula is C28H25NO5. The first-order valence-electron chi connectivity index (χ1n) is 10.9. The van der Waals surface area contributed by atoms with Gasteiger partial charge in [0.1, 0.15) is 24.1 Å². The molecule has 172 valence electrons. The normalized spacial score (nSPS) is 11.6. The second-order valence-corrected chi connectivity index (χ2v) is 7.91. The second kappa shape index (κ2) is 10.5. The number of hydrogen-bond donors (Lipinski definition) is 2. The number of carboxylic acid groups (broad SMARTS) is 1. The number of rotatable bonds is 9. The highest BCUT2D eigenvalue weighted by Gasteiger charge is 2.21. The maximum Gasteiger partial charge on any atom is 0.326 e. The predicted molar refractivity (Wildman–Crippen MR) is 130 cm³/mol. The van der Waals surface area contributed by atoms with Crippen LogP contribution in [-0.4, -0.2) is 30.1 Å². The van der Waals surface area contributed by atoms with Gasteiger partial charge in [0.25, 0.3) is 5.91 Å². The lowest BCUT2D eigenvalue weighted by atomic mass is 10.0. The van der Waals surface area contributed by atoms with Crippen molar-refractivity contribution in [3.63, 3.8) is 0 Å². The summed E-state index contributed by atoms with van der Waals surface area (Å²) in [6.45, 7) is 0.470. The van der Waals surface area contributed by atoms with E-state index < -0.39 is 17.9 Å². The van der Waals surface area contributed by atoms with Crippen LogP contribution in [0.5, 0.6) is 11.5 Å². The summed E-state index contributed by atoms with van der Waals surface area (Å²) in [4.78, 5) is 24.6. The average Bonchev–Trinajstić information content (AvgIpc) is 2.87. The third-order valence-electron chi connectivity index (χ3n) is 5.52. The molecule has 0 aromatic heterocycles. The molecular weight excluding hydrogens is 430 g/mol. The van der Waals surface area contributed by atoms with Crippen molar-refractivity contribution < 1.29 is 24.2 Å². The highest BCUT2D eigenvalue weighted by molar-refractivity contribution is 6.00. The minimum atomic E-state index is -1.09. The zero-order valence-electron chi connectivity index (χ0n) is 18.7. The highest BCUT2D eigenvalue weighted by atomic mass is 16.5. The Bertz CT molecular complexity index is 1290. The number of amides is 1. The van der Waals surface area contributed by atoms with Crippen LogP contribution in [0, 0.1) is 0 Å². The summed E-state index contributed by atoms with van der Waals surface area (Å²) in [5.41, 5.74) is 2.26. The number of methoxy groups -OCH3 is 1. The molecule has 0 spiro atoms. The average molecular weight is 456 g/mol. The van der Waals surface area contributed by atoms with Crippen LogP contribution in [0.4, 0.5) is 0 Å². The number of carbonyl (C=O) groups is 2. The zero-order chi connectivity index (χ0) is 23.9. The molecule has 4 rings (SSSR count). The van der Waals surface area contributed by atoms with E-state index in [0.29, 0.717) is 17.9 Å². The summed E-state index contributed by atoms with van der Waals surface area (Å²) in [6.07, 6.45) is 0.167. The minimum Gasteiger partial charge on any atom is -0.497 e. The van der Waals surface area contributed by atoms with Gasteiger partial charge in [0.2, 0.25) is 0 Å². The van der Waals surface area contributed by atoms with E-state index in [1.54, 1.807) is 43.5 Å². The predicted octanol–water partition coefficient (Wildman–Crippen LogP) is 4.85. The molecule has 6 nitrogen and oxygen atoms in total. The van der Waals surface area contributed by atoms with Crippen molar-refractivity contribution in [1.29, 1.82) is 0 Å². The minimum absolute atomic E-state index is 0.167. The SMILES string of the molecule is COc1ccc(CC(NC(=O)c2ccc3cc(OCc4ccccc4)ccc3c2)C(=O)O)cc1. The maximum absolute atomic E-state index is 12.8. The molecule has 0 aliphatic rings. The standard InChI is InChI=1S/C28H25NO5/c1-33-24-12-7-19(8-13-24)15-26(28(31)32)29-27(30)23-10-9-22-17-25(14-11-21(22)16-23)34-18-20-5-3-2-4-6-20/h2-14,16-17,26H,15,18H2,1H3,(H,29,30)(H,31,32). The number of nitrogens with one attached hydrogen (secondary N) is 1. The van der Waals surface area contributed by atoms with Crippen molar-refractivity contribution in [2.75, 3.05) is 7.11 Å². The van der Waals surface area contributed by atoms with Crippen molar-refractivity contribution >= 4 is 22.6 Å². The van der Waals surface area contributed by atoms with Gasteiger partial charge in [-0.2, -0.15) is 0 Å². The molecule has 1 atom stereocenters. The molecule has 34 heavy (non-hydrogen) atoms. The van der Waals surface area contributed by atoms with Crippen LogP contribution in [0.2, 0.25) is 0 Å². The van der Waals surface area contributed by atoms with Gasteiger partial charge in [-0.3, -0.25) is 4.79 Å². The lowest BCUT2D eigenvalue weighted by Crippen LogP contribution is -2.42. The van der Waals surface area contributed by atoms with Crippen LogP contribution in [0.3, 0.4) is 0 Å². The molecule has 0 bridgehead atoms. The fraction of sp³-hybridized carbons (Fsp3) is 0.143. The van der Waals surface area contributed by atoms with Gasteiger partial charge < -0.3 is 19.9 Å². The summed E-state index contributed by atoms with van der Waals surface area (Å²) in [6, 6.07) is 26.9. The number of hydrogen-bond acceptors (Lipinski definition) is 4. The fourth-order valence-electron chi connectivity index (χ4n) is 3.63. The number of fused-ring (bicyclic) bond motifs is 1. The Labute approximate surface area is 197 Å². The lowest BCUT2D eigenvalue weighted by molar-refractivity contribution is -0.139. The lowest BCUT2D eigenvalue weighted by Gasteiger charge is -2.15. The number of ether oxygens (including phenoxy) is 2. The topological polar surface area (TPSA) is 84.9 Å². The van der Waals surface area contributed by atoms with Gasteiger partial charge in [-0.25, -0.2) is 4.79 Å². The third kappa shape index (κ3) is 5.72. The first-order chi connectivity index (χ1) is 16.5. The van der Waals surface area contributed by atoms with Crippen molar-refractivity contribution in [1.82, 2.24) is 5.32 Å². The van der Waals surface area contributed by atoms with Crippen molar-refractivity contribution in [2.24, 2.45) is 0 Å². The smallest absolute Gasteiger partial charge is 0.326 e. The van der Waals surface area contributed by atoms with Crippen molar-refractivity contribution in [3.05, 3.63) is 108 Å².